The largest absolute Gasteiger partial charge is 0.353 e. The van der Waals surface area contributed by atoms with Crippen molar-refractivity contribution >= 4 is 51.7 Å². The van der Waals surface area contributed by atoms with Gasteiger partial charge in [0.05, 0.1) is 10.5 Å². The lowest BCUT2D eigenvalue weighted by molar-refractivity contribution is -0.123. The Labute approximate surface area is 226 Å². The van der Waals surface area contributed by atoms with Crippen LogP contribution in [0.4, 0.5) is 5.82 Å². The second-order valence-corrected chi connectivity index (χ2v) is 11.3. The molecule has 1 aromatic carbocycles. The lowest BCUT2D eigenvalue weighted by Gasteiger charge is -2.36. The first-order chi connectivity index (χ1) is 17.9. The summed E-state index contributed by atoms with van der Waals surface area (Å²) in [7, 11) is 0. The zero-order chi connectivity index (χ0) is 26.1. The molecule has 9 heteroatoms. The lowest BCUT2D eigenvalue weighted by Crippen LogP contribution is -2.47. The van der Waals surface area contributed by atoms with E-state index in [1.54, 1.807) is 21.6 Å². The first-order valence-electron chi connectivity index (χ1n) is 12.7. The maximum Gasteiger partial charge on any atom is 0.267 e. The first kappa shape index (κ1) is 25.6. The van der Waals surface area contributed by atoms with Gasteiger partial charge in [-0.3, -0.25) is 23.8 Å². The molecule has 192 valence electrons. The Kier molecular flexibility index (Phi) is 7.46. The van der Waals surface area contributed by atoms with Crippen molar-refractivity contribution in [3.05, 3.63) is 80.6 Å². The molecular weight excluding hydrogens is 502 g/mol. The third kappa shape index (κ3) is 5.21. The second kappa shape index (κ2) is 10.8. The molecule has 0 aliphatic carbocycles. The summed E-state index contributed by atoms with van der Waals surface area (Å²) in [6.45, 7) is 10.1. The van der Waals surface area contributed by atoms with Gasteiger partial charge in [-0.25, -0.2) is 4.98 Å². The van der Waals surface area contributed by atoms with Crippen LogP contribution in [0.25, 0.3) is 11.7 Å². The molecule has 2 saturated heterocycles. The topological polar surface area (TPSA) is 61.2 Å². The highest BCUT2D eigenvalue weighted by Crippen LogP contribution is 2.35. The molecule has 4 heterocycles. The molecule has 7 nitrogen and oxygen atoms in total. The highest BCUT2D eigenvalue weighted by Gasteiger charge is 2.35. The Balaban J connectivity index is 1.50. The van der Waals surface area contributed by atoms with E-state index >= 15 is 0 Å². The summed E-state index contributed by atoms with van der Waals surface area (Å²) in [5, 5.41) is 0. The standard InChI is InChI=1S/C28H31N5O2S2/c1-4-20(3)33-27(35)23(37-28(33)36)16-22-25(29-24-11-10-19(2)17-32(24)26(22)34)31-14-12-30(13-15-31)18-21-8-6-5-7-9-21/h5-11,16-17,20H,4,12-15,18H2,1-3H3/b23-16-/t20-/m0/s1. The summed E-state index contributed by atoms with van der Waals surface area (Å²) in [6.07, 6.45) is 4.31. The van der Waals surface area contributed by atoms with Crippen molar-refractivity contribution in [2.45, 2.75) is 39.8 Å². The molecule has 2 aliphatic heterocycles. The molecule has 0 N–H and O–H groups in total. The number of thioether (sulfide) groups is 1. The van der Waals surface area contributed by atoms with E-state index < -0.39 is 0 Å². The number of rotatable bonds is 6. The third-order valence-electron chi connectivity index (χ3n) is 7.04. The van der Waals surface area contributed by atoms with Gasteiger partial charge in [-0.15, -0.1) is 0 Å². The number of pyridine rings is 1. The van der Waals surface area contributed by atoms with E-state index in [1.165, 1.54) is 17.3 Å². The van der Waals surface area contributed by atoms with Crippen LogP contribution in [0.2, 0.25) is 0 Å². The van der Waals surface area contributed by atoms with Gasteiger partial charge >= 0.3 is 0 Å². The number of benzene rings is 1. The molecule has 3 aromatic rings. The number of hydrogen-bond donors (Lipinski definition) is 0. The first-order valence-corrected chi connectivity index (χ1v) is 13.9. The maximum absolute atomic E-state index is 13.8. The van der Waals surface area contributed by atoms with Crippen molar-refractivity contribution in [3.8, 4) is 0 Å². The average Bonchev–Trinajstić information content (AvgIpc) is 3.19. The van der Waals surface area contributed by atoms with Gasteiger partial charge < -0.3 is 4.90 Å². The van der Waals surface area contributed by atoms with Crippen molar-refractivity contribution in [1.82, 2.24) is 19.2 Å². The molecule has 0 unspecified atom stereocenters. The number of carbonyl (C=O) groups excluding carboxylic acids is 1. The van der Waals surface area contributed by atoms with Crippen LogP contribution in [0.1, 0.15) is 37.0 Å². The number of piperazine rings is 1. The van der Waals surface area contributed by atoms with Crippen LogP contribution in [0.5, 0.6) is 0 Å². The van der Waals surface area contributed by atoms with Crippen molar-refractivity contribution in [3.63, 3.8) is 0 Å². The summed E-state index contributed by atoms with van der Waals surface area (Å²) in [4.78, 5) is 38.7. The molecule has 1 atom stereocenters. The Hall–Kier alpha value is -3.01. The highest BCUT2D eigenvalue weighted by molar-refractivity contribution is 8.26. The molecule has 2 aliphatic rings. The number of nitrogens with zero attached hydrogens (tertiary/aromatic N) is 5. The molecule has 0 bridgehead atoms. The SMILES string of the molecule is CC[C@H](C)N1C(=O)/C(=C/c2c(N3CCN(Cc4ccccc4)CC3)nc3ccc(C)cn3c2=O)SC1=S. The van der Waals surface area contributed by atoms with Gasteiger partial charge in [0, 0.05) is 45.0 Å². The van der Waals surface area contributed by atoms with Crippen LogP contribution in [0, 0.1) is 6.92 Å². The molecule has 0 radical (unpaired) electrons. The summed E-state index contributed by atoms with van der Waals surface area (Å²) in [6, 6.07) is 14.3. The van der Waals surface area contributed by atoms with E-state index in [9.17, 15) is 9.59 Å². The Morgan fingerprint density at radius 2 is 1.81 bits per heavy atom. The van der Waals surface area contributed by atoms with Crippen LogP contribution < -0.4 is 10.5 Å². The minimum Gasteiger partial charge on any atom is -0.353 e. The number of hydrogen-bond acceptors (Lipinski definition) is 7. The molecule has 5 rings (SSSR count). The summed E-state index contributed by atoms with van der Waals surface area (Å²) in [5.74, 6) is 0.485. The molecule has 2 aromatic heterocycles. The minimum atomic E-state index is -0.177. The van der Waals surface area contributed by atoms with Crippen LogP contribution in [-0.2, 0) is 11.3 Å². The van der Waals surface area contributed by atoms with Crippen molar-refractivity contribution < 1.29 is 4.79 Å². The molecule has 2 fully saturated rings. The number of amides is 1. The van der Waals surface area contributed by atoms with E-state index in [0.717, 1.165) is 44.7 Å². The van der Waals surface area contributed by atoms with Gasteiger partial charge in [0.15, 0.2) is 0 Å². The van der Waals surface area contributed by atoms with E-state index in [2.05, 4.69) is 34.1 Å². The normalized spacial score (nSPS) is 18.8. The van der Waals surface area contributed by atoms with Crippen LogP contribution >= 0.6 is 24.0 Å². The predicted molar refractivity (Wildman–Crippen MR) is 155 cm³/mol. The number of thiocarbonyl (C=S) groups is 1. The van der Waals surface area contributed by atoms with Crippen molar-refractivity contribution in [2.24, 2.45) is 0 Å². The van der Waals surface area contributed by atoms with Crippen LogP contribution in [0.3, 0.4) is 0 Å². The summed E-state index contributed by atoms with van der Waals surface area (Å²) in [5.41, 5.74) is 3.11. The van der Waals surface area contributed by atoms with Gasteiger partial charge in [0.1, 0.15) is 15.8 Å². The number of aromatic nitrogens is 2. The van der Waals surface area contributed by atoms with E-state index in [0.29, 0.717) is 26.3 Å². The summed E-state index contributed by atoms with van der Waals surface area (Å²) >= 11 is 6.78. The molecular formula is C28H31N5O2S2. The summed E-state index contributed by atoms with van der Waals surface area (Å²) < 4.78 is 2.11. The zero-order valence-electron chi connectivity index (χ0n) is 21.4. The molecule has 37 heavy (non-hydrogen) atoms. The Bertz CT molecular complexity index is 1430. The average molecular weight is 534 g/mol. The fraction of sp³-hybridized carbons (Fsp3) is 0.357. The fourth-order valence-corrected chi connectivity index (χ4v) is 6.19. The van der Waals surface area contributed by atoms with E-state index in [1.807, 2.05) is 39.0 Å². The van der Waals surface area contributed by atoms with Crippen LogP contribution in [-0.4, -0.2) is 61.6 Å². The number of fused-ring (bicyclic) bond motifs is 1. The van der Waals surface area contributed by atoms with Gasteiger partial charge in [-0.05, 0) is 43.5 Å². The van der Waals surface area contributed by atoms with Crippen molar-refractivity contribution in [1.29, 1.82) is 0 Å². The Morgan fingerprint density at radius 3 is 2.51 bits per heavy atom. The highest BCUT2D eigenvalue weighted by atomic mass is 32.2. The number of anilines is 1. The van der Waals surface area contributed by atoms with Gasteiger partial charge in [-0.1, -0.05) is 67.3 Å². The molecule has 1 amide bonds. The van der Waals surface area contributed by atoms with E-state index in [4.69, 9.17) is 17.2 Å². The lowest BCUT2D eigenvalue weighted by atomic mass is 10.1. The van der Waals surface area contributed by atoms with Crippen molar-refractivity contribution in [2.75, 3.05) is 31.1 Å². The fourth-order valence-electron chi connectivity index (χ4n) is 4.75. The Morgan fingerprint density at radius 1 is 1.08 bits per heavy atom. The quantitative estimate of drug-likeness (QED) is 0.345. The maximum atomic E-state index is 13.8. The second-order valence-electron chi connectivity index (χ2n) is 9.65. The minimum absolute atomic E-state index is 0.00837. The molecule has 0 saturated carbocycles. The monoisotopic (exact) mass is 533 g/mol. The third-order valence-corrected chi connectivity index (χ3v) is 8.37. The van der Waals surface area contributed by atoms with Gasteiger partial charge in [0.25, 0.3) is 11.5 Å². The van der Waals surface area contributed by atoms with Gasteiger partial charge in [0.2, 0.25) is 0 Å². The number of carbonyl (C=O) groups is 1. The number of aryl methyl sites for hydroxylation is 1. The smallest absolute Gasteiger partial charge is 0.267 e. The van der Waals surface area contributed by atoms with E-state index in [-0.39, 0.29) is 17.5 Å². The van der Waals surface area contributed by atoms with Crippen LogP contribution in [0.15, 0.2) is 58.4 Å². The zero-order valence-corrected chi connectivity index (χ0v) is 23.0. The van der Waals surface area contributed by atoms with Gasteiger partial charge in [-0.2, -0.15) is 0 Å². The predicted octanol–water partition coefficient (Wildman–Crippen LogP) is 4.32. The molecule has 0 spiro atoms.